The van der Waals surface area contributed by atoms with Crippen molar-refractivity contribution in [2.45, 2.75) is 78.8 Å². The number of allylic oxidation sites excluding steroid dienone is 4. The molecule has 1 aliphatic heterocycles. The summed E-state index contributed by atoms with van der Waals surface area (Å²) < 4.78 is 2.41. The van der Waals surface area contributed by atoms with Crippen molar-refractivity contribution in [3.63, 3.8) is 0 Å². The number of para-hydroxylation sites is 1. The molecule has 3 atom stereocenters. The first-order chi connectivity index (χ1) is 18.2. The van der Waals surface area contributed by atoms with E-state index in [1.54, 1.807) is 0 Å². The fourth-order valence-electron chi connectivity index (χ4n) is 6.79. The van der Waals surface area contributed by atoms with E-state index >= 15 is 0 Å². The number of aromatic nitrogens is 1. The minimum absolute atomic E-state index is 0.131. The molecular weight excluding hydrogens is 468 g/mol. The number of nitrogens with one attached hydrogen (secondary N) is 1. The Hall–Kier alpha value is -3.24. The van der Waals surface area contributed by atoms with Gasteiger partial charge < -0.3 is 9.88 Å². The number of Topliss-reactive ketones (excluding diaryl/α,β-unsaturated/α-hetero) is 2. The van der Waals surface area contributed by atoms with Gasteiger partial charge in [-0.1, -0.05) is 59.7 Å². The first-order valence-corrected chi connectivity index (χ1v) is 14.1. The van der Waals surface area contributed by atoms with Crippen molar-refractivity contribution in [1.29, 1.82) is 0 Å². The zero-order chi connectivity index (χ0) is 27.0. The van der Waals surface area contributed by atoms with Crippen LogP contribution in [-0.2, 0) is 4.79 Å². The number of hydrogen-bond donors (Lipinski definition) is 1. The van der Waals surface area contributed by atoms with E-state index < -0.39 is 0 Å². The molecular formula is C34H40N2O2. The maximum atomic E-state index is 13.7. The van der Waals surface area contributed by atoms with Gasteiger partial charge in [-0.2, -0.15) is 0 Å². The lowest BCUT2D eigenvalue weighted by Gasteiger charge is -2.36. The first kappa shape index (κ1) is 26.4. The number of benzene rings is 2. The molecule has 0 saturated carbocycles. The van der Waals surface area contributed by atoms with Crippen LogP contribution in [0, 0.1) is 19.8 Å². The maximum absolute atomic E-state index is 13.7. The third-order valence-corrected chi connectivity index (χ3v) is 8.73. The Morgan fingerprint density at radius 1 is 1.08 bits per heavy atom. The quantitative estimate of drug-likeness (QED) is 0.332. The minimum atomic E-state index is 0.131. The molecule has 1 aromatic heterocycles. The van der Waals surface area contributed by atoms with Gasteiger partial charge in [0.05, 0.1) is 0 Å². The summed E-state index contributed by atoms with van der Waals surface area (Å²) in [6.45, 7) is 11.6. The van der Waals surface area contributed by atoms with Crippen molar-refractivity contribution in [2.75, 3.05) is 6.54 Å². The summed E-state index contributed by atoms with van der Waals surface area (Å²) in [5.74, 6) is 0.797. The fraction of sp³-hybridized carbons (Fsp3) is 0.412. The molecule has 5 rings (SSSR count). The van der Waals surface area contributed by atoms with Crippen LogP contribution >= 0.6 is 0 Å². The summed E-state index contributed by atoms with van der Waals surface area (Å²) in [6, 6.07) is 17.8. The third kappa shape index (κ3) is 5.07. The third-order valence-electron chi connectivity index (χ3n) is 8.73. The second kappa shape index (κ2) is 10.9. The van der Waals surface area contributed by atoms with Crippen LogP contribution in [0.2, 0.25) is 0 Å². The summed E-state index contributed by atoms with van der Waals surface area (Å²) in [6.07, 6.45) is 5.61. The van der Waals surface area contributed by atoms with Gasteiger partial charge in [0.2, 0.25) is 0 Å². The van der Waals surface area contributed by atoms with E-state index in [1.807, 2.05) is 19.9 Å². The Labute approximate surface area is 226 Å². The largest absolute Gasteiger partial charge is 0.341 e. The lowest BCUT2D eigenvalue weighted by molar-refractivity contribution is -0.115. The Morgan fingerprint density at radius 3 is 2.63 bits per heavy atom. The second-order valence-corrected chi connectivity index (χ2v) is 11.5. The van der Waals surface area contributed by atoms with Crippen molar-refractivity contribution >= 4 is 22.5 Å². The Bertz CT molecular complexity index is 1450. The molecule has 2 aliphatic rings. The zero-order valence-electron chi connectivity index (χ0n) is 23.4. The lowest BCUT2D eigenvalue weighted by Crippen LogP contribution is -2.35. The highest BCUT2D eigenvalue weighted by Gasteiger charge is 2.31. The van der Waals surface area contributed by atoms with Crippen molar-refractivity contribution < 1.29 is 9.59 Å². The smallest absolute Gasteiger partial charge is 0.165 e. The number of aryl methyl sites for hydroxylation is 1. The molecule has 1 saturated heterocycles. The van der Waals surface area contributed by atoms with E-state index in [4.69, 9.17) is 0 Å². The summed E-state index contributed by atoms with van der Waals surface area (Å²) in [5, 5.41) is 4.76. The van der Waals surface area contributed by atoms with Crippen LogP contribution in [0.5, 0.6) is 0 Å². The van der Waals surface area contributed by atoms with E-state index in [0.717, 1.165) is 58.3 Å². The Kier molecular flexibility index (Phi) is 7.54. The topological polar surface area (TPSA) is 51.1 Å². The van der Waals surface area contributed by atoms with Gasteiger partial charge in [-0.3, -0.25) is 9.59 Å². The molecule has 2 heterocycles. The highest BCUT2D eigenvalue weighted by molar-refractivity contribution is 6.10. The lowest BCUT2D eigenvalue weighted by atomic mass is 9.84. The normalized spacial score (nSPS) is 21.1. The van der Waals surface area contributed by atoms with E-state index in [9.17, 15) is 9.59 Å². The number of nitrogens with zero attached hydrogens (tertiary/aromatic N) is 1. The molecule has 1 N–H and O–H groups in total. The number of piperidine rings is 1. The van der Waals surface area contributed by atoms with Gasteiger partial charge >= 0.3 is 0 Å². The van der Waals surface area contributed by atoms with E-state index in [1.165, 1.54) is 11.1 Å². The van der Waals surface area contributed by atoms with Crippen molar-refractivity contribution in [3.8, 4) is 0 Å². The zero-order valence-corrected chi connectivity index (χ0v) is 23.4. The summed E-state index contributed by atoms with van der Waals surface area (Å²) in [7, 11) is 0. The molecule has 198 valence electrons. The van der Waals surface area contributed by atoms with Crippen LogP contribution in [0.25, 0.3) is 10.9 Å². The van der Waals surface area contributed by atoms with Gasteiger partial charge in [-0.05, 0) is 89.1 Å². The van der Waals surface area contributed by atoms with Crippen LogP contribution in [0.4, 0.5) is 0 Å². The molecule has 0 bridgehead atoms. The molecule has 1 fully saturated rings. The fourth-order valence-corrected chi connectivity index (χ4v) is 6.79. The van der Waals surface area contributed by atoms with Crippen molar-refractivity contribution in [1.82, 2.24) is 9.88 Å². The Morgan fingerprint density at radius 2 is 1.87 bits per heavy atom. The molecule has 4 nitrogen and oxygen atoms in total. The van der Waals surface area contributed by atoms with Crippen LogP contribution in [-0.4, -0.2) is 22.7 Å². The molecule has 1 aliphatic carbocycles. The van der Waals surface area contributed by atoms with Crippen molar-refractivity contribution in [2.24, 2.45) is 5.92 Å². The van der Waals surface area contributed by atoms with Crippen LogP contribution in [0.1, 0.15) is 92.1 Å². The minimum Gasteiger partial charge on any atom is -0.341 e. The van der Waals surface area contributed by atoms with Gasteiger partial charge in [0.1, 0.15) is 0 Å². The number of carbonyl (C=O) groups excluding carboxylic acids is 2. The summed E-state index contributed by atoms with van der Waals surface area (Å²) in [4.78, 5) is 26.3. The number of fused-ring (bicyclic) bond motifs is 1. The molecule has 2 aromatic carbocycles. The maximum Gasteiger partial charge on any atom is 0.165 e. The second-order valence-electron chi connectivity index (χ2n) is 11.5. The SMILES string of the molecule is CC1=CC(C)=C(CCC(=O)c2c(C)n(C(C)C3CCNC(c4cccc(C)c4)C3)c3ccccc23)C(=O)C1. The highest BCUT2D eigenvalue weighted by Crippen LogP contribution is 2.39. The average Bonchev–Trinajstić information content (AvgIpc) is 3.19. The number of carbonyl (C=O) groups is 2. The molecule has 3 unspecified atom stereocenters. The van der Waals surface area contributed by atoms with Crippen molar-refractivity contribution in [3.05, 3.63) is 93.7 Å². The van der Waals surface area contributed by atoms with Gasteiger partial charge in [-0.15, -0.1) is 0 Å². The summed E-state index contributed by atoms with van der Waals surface area (Å²) in [5.41, 5.74) is 8.58. The molecule has 0 radical (unpaired) electrons. The predicted octanol–water partition coefficient (Wildman–Crippen LogP) is 7.76. The predicted molar refractivity (Wildman–Crippen MR) is 156 cm³/mol. The van der Waals surface area contributed by atoms with Crippen LogP contribution in [0.15, 0.2) is 71.3 Å². The van der Waals surface area contributed by atoms with E-state index in [-0.39, 0.29) is 17.6 Å². The van der Waals surface area contributed by atoms with Crippen LogP contribution in [0.3, 0.4) is 0 Å². The highest BCUT2D eigenvalue weighted by atomic mass is 16.1. The van der Waals surface area contributed by atoms with Gasteiger partial charge in [-0.25, -0.2) is 0 Å². The number of hydrogen-bond acceptors (Lipinski definition) is 3. The van der Waals surface area contributed by atoms with Gasteiger partial charge in [0.15, 0.2) is 11.6 Å². The first-order valence-electron chi connectivity index (χ1n) is 14.1. The standard InChI is InChI=1S/C34H40N2O2/c1-21-9-8-10-27(18-21)30-20-26(15-16-35-30)24(4)36-25(5)34(29-11-6-7-12-31(29)36)32(37)14-13-28-23(3)17-22(2)19-33(28)38/h6-12,17-18,24,26,30,35H,13-16,19-20H2,1-5H3. The van der Waals surface area contributed by atoms with Crippen LogP contribution < -0.4 is 5.32 Å². The molecule has 3 aromatic rings. The number of rotatable bonds is 7. The molecule has 4 heteroatoms. The molecule has 38 heavy (non-hydrogen) atoms. The van der Waals surface area contributed by atoms with E-state index in [2.05, 4.69) is 79.2 Å². The van der Waals surface area contributed by atoms with Gasteiger partial charge in [0, 0.05) is 47.1 Å². The molecule has 0 amide bonds. The number of ketones is 2. The Balaban J connectivity index is 1.42. The average molecular weight is 509 g/mol. The molecule has 0 spiro atoms. The van der Waals surface area contributed by atoms with Gasteiger partial charge in [0.25, 0.3) is 0 Å². The summed E-state index contributed by atoms with van der Waals surface area (Å²) >= 11 is 0. The monoisotopic (exact) mass is 508 g/mol. The van der Waals surface area contributed by atoms with E-state index in [0.29, 0.717) is 31.2 Å².